The molecule has 0 atom stereocenters. The van der Waals surface area contributed by atoms with Crippen LogP contribution in [0.2, 0.25) is 0 Å². The normalized spacial score (nSPS) is 44.8. The molecule has 0 aromatic rings. The molecule has 0 aromatic heterocycles. The molecule has 0 saturated heterocycles. The molecule has 3 nitrogen and oxygen atoms in total. The Labute approximate surface area is 129 Å². The highest BCUT2D eigenvalue weighted by Gasteiger charge is 2.56. The minimum absolute atomic E-state index is 0.131. The van der Waals surface area contributed by atoms with E-state index < -0.39 is 0 Å². The zero-order valence-corrected chi connectivity index (χ0v) is 13.8. The fraction of sp³-hybridized carbons (Fsp3) is 0.889. The Morgan fingerprint density at radius 2 is 1.67 bits per heavy atom. The van der Waals surface area contributed by atoms with Gasteiger partial charge >= 0.3 is 0 Å². The van der Waals surface area contributed by atoms with Crippen LogP contribution in [0.3, 0.4) is 0 Å². The van der Waals surface area contributed by atoms with E-state index in [0.29, 0.717) is 5.92 Å². The van der Waals surface area contributed by atoms with E-state index in [0.717, 1.165) is 44.4 Å². The second-order valence-electron chi connectivity index (χ2n) is 8.12. The molecule has 2 N–H and O–H groups in total. The molecule has 0 radical (unpaired) electrons. The highest BCUT2D eigenvalue weighted by Crippen LogP contribution is 2.54. The maximum absolute atomic E-state index is 11.2. The largest absolute Gasteiger partial charge is 0.393 e. The van der Waals surface area contributed by atoms with Crippen molar-refractivity contribution in [3.8, 4) is 0 Å². The lowest BCUT2D eigenvalue weighted by Crippen LogP contribution is -2.57. The van der Waals surface area contributed by atoms with Gasteiger partial charge in [0.05, 0.1) is 17.2 Å². The second kappa shape index (κ2) is 5.36. The van der Waals surface area contributed by atoms with Crippen LogP contribution in [0.5, 0.6) is 0 Å². The van der Waals surface area contributed by atoms with Gasteiger partial charge in [-0.15, -0.1) is 0 Å². The van der Waals surface area contributed by atoms with Gasteiger partial charge in [-0.05, 0) is 68.8 Å². The number of aliphatic hydroxyl groups is 1. The van der Waals surface area contributed by atoms with Crippen LogP contribution in [0.1, 0.15) is 72.1 Å². The zero-order chi connectivity index (χ0) is 15.3. The van der Waals surface area contributed by atoms with Gasteiger partial charge in [0.25, 0.3) is 0 Å². The SMILES string of the molecule is CC1CCC2(C=C(C(C)C)C3(CCC(O)CC3)N2O)CC1. The van der Waals surface area contributed by atoms with Crippen LogP contribution < -0.4 is 0 Å². The first-order valence-corrected chi connectivity index (χ1v) is 8.80. The Morgan fingerprint density at radius 3 is 2.19 bits per heavy atom. The predicted molar refractivity (Wildman–Crippen MR) is 84.1 cm³/mol. The van der Waals surface area contributed by atoms with Crippen molar-refractivity contribution >= 4 is 0 Å². The van der Waals surface area contributed by atoms with Gasteiger partial charge < -0.3 is 10.3 Å². The Bertz CT molecular complexity index is 413. The quantitative estimate of drug-likeness (QED) is 0.721. The van der Waals surface area contributed by atoms with Crippen LogP contribution in [0, 0.1) is 11.8 Å². The van der Waals surface area contributed by atoms with Crippen LogP contribution in [0.25, 0.3) is 0 Å². The van der Waals surface area contributed by atoms with E-state index in [9.17, 15) is 10.3 Å². The second-order valence-corrected chi connectivity index (χ2v) is 8.12. The van der Waals surface area contributed by atoms with Gasteiger partial charge in [0.15, 0.2) is 0 Å². The Morgan fingerprint density at radius 1 is 1.10 bits per heavy atom. The van der Waals surface area contributed by atoms with Crippen molar-refractivity contribution in [3.05, 3.63) is 11.6 Å². The maximum atomic E-state index is 11.2. The third-order valence-electron chi connectivity index (χ3n) is 6.33. The van der Waals surface area contributed by atoms with Crippen molar-refractivity contribution in [2.75, 3.05) is 0 Å². The van der Waals surface area contributed by atoms with Gasteiger partial charge in [0.1, 0.15) is 0 Å². The molecule has 2 saturated carbocycles. The number of hydroxylamine groups is 2. The van der Waals surface area contributed by atoms with Crippen molar-refractivity contribution in [3.63, 3.8) is 0 Å². The molecule has 2 aliphatic carbocycles. The summed E-state index contributed by atoms with van der Waals surface area (Å²) in [6.07, 6.45) is 10.2. The number of aliphatic hydroxyl groups excluding tert-OH is 1. The Kier molecular flexibility index (Phi) is 3.96. The van der Waals surface area contributed by atoms with E-state index in [4.69, 9.17) is 0 Å². The van der Waals surface area contributed by atoms with Gasteiger partial charge in [-0.2, -0.15) is 5.06 Å². The van der Waals surface area contributed by atoms with Gasteiger partial charge in [0, 0.05) is 0 Å². The minimum atomic E-state index is -0.200. The Balaban J connectivity index is 1.93. The first kappa shape index (κ1) is 15.5. The summed E-state index contributed by atoms with van der Waals surface area (Å²) in [6, 6.07) is 0. The lowest BCUT2D eigenvalue weighted by atomic mass is 9.73. The summed E-state index contributed by atoms with van der Waals surface area (Å²) >= 11 is 0. The third kappa shape index (κ3) is 2.38. The Hall–Kier alpha value is -0.380. The third-order valence-corrected chi connectivity index (χ3v) is 6.33. The summed E-state index contributed by atoms with van der Waals surface area (Å²) in [5.41, 5.74) is 1.09. The number of hydrogen-bond acceptors (Lipinski definition) is 3. The van der Waals surface area contributed by atoms with E-state index >= 15 is 0 Å². The maximum Gasteiger partial charge on any atom is 0.0683 e. The van der Waals surface area contributed by atoms with E-state index in [2.05, 4.69) is 26.8 Å². The standard InChI is InChI=1S/C18H31NO2/c1-13(2)16-12-17(8-4-14(3)5-9-17)19(21)18(16)10-6-15(20)7-11-18/h12-15,20-21H,4-11H2,1-3H3. The molecule has 0 amide bonds. The average molecular weight is 293 g/mol. The molecule has 120 valence electrons. The summed E-state index contributed by atoms with van der Waals surface area (Å²) in [7, 11) is 0. The topological polar surface area (TPSA) is 43.7 Å². The predicted octanol–water partition coefficient (Wildman–Crippen LogP) is 3.90. The molecule has 0 aromatic carbocycles. The summed E-state index contributed by atoms with van der Waals surface area (Å²) in [6.45, 7) is 6.82. The van der Waals surface area contributed by atoms with Crippen molar-refractivity contribution < 1.29 is 10.3 Å². The molecule has 0 unspecified atom stereocenters. The van der Waals surface area contributed by atoms with E-state index in [1.807, 2.05) is 0 Å². The molecule has 1 heterocycles. The summed E-state index contributed by atoms with van der Waals surface area (Å²) in [5, 5.41) is 22.8. The van der Waals surface area contributed by atoms with Gasteiger partial charge in [-0.3, -0.25) is 0 Å². The highest BCUT2D eigenvalue weighted by atomic mass is 16.5. The molecule has 1 aliphatic heterocycles. The van der Waals surface area contributed by atoms with Crippen LogP contribution in [0.15, 0.2) is 11.6 Å². The summed E-state index contributed by atoms with van der Waals surface area (Å²) < 4.78 is 0. The minimum Gasteiger partial charge on any atom is -0.393 e. The highest BCUT2D eigenvalue weighted by molar-refractivity contribution is 5.35. The molecule has 3 heteroatoms. The lowest BCUT2D eigenvalue weighted by Gasteiger charge is -2.49. The van der Waals surface area contributed by atoms with Gasteiger partial charge in [0.2, 0.25) is 0 Å². The zero-order valence-electron chi connectivity index (χ0n) is 13.8. The summed E-state index contributed by atoms with van der Waals surface area (Å²) in [5.74, 6) is 1.25. The fourth-order valence-electron chi connectivity index (χ4n) is 4.94. The molecular formula is C18H31NO2. The van der Waals surface area contributed by atoms with Crippen molar-refractivity contribution in [2.24, 2.45) is 11.8 Å². The van der Waals surface area contributed by atoms with E-state index in [1.165, 1.54) is 18.4 Å². The molecule has 3 aliphatic rings. The van der Waals surface area contributed by atoms with Crippen LogP contribution in [-0.2, 0) is 0 Å². The van der Waals surface area contributed by atoms with Crippen molar-refractivity contribution in [1.82, 2.24) is 5.06 Å². The van der Waals surface area contributed by atoms with Crippen LogP contribution in [0.4, 0.5) is 0 Å². The van der Waals surface area contributed by atoms with E-state index in [-0.39, 0.29) is 17.2 Å². The number of rotatable bonds is 1. The monoisotopic (exact) mass is 293 g/mol. The number of hydrogen-bond donors (Lipinski definition) is 2. The first-order valence-electron chi connectivity index (χ1n) is 8.80. The lowest BCUT2D eigenvalue weighted by molar-refractivity contribution is -0.226. The van der Waals surface area contributed by atoms with Crippen LogP contribution >= 0.6 is 0 Å². The van der Waals surface area contributed by atoms with Crippen molar-refractivity contribution in [1.29, 1.82) is 0 Å². The molecular weight excluding hydrogens is 262 g/mol. The number of nitrogens with zero attached hydrogens (tertiary/aromatic N) is 1. The molecule has 21 heavy (non-hydrogen) atoms. The molecule has 2 fully saturated rings. The molecule has 2 spiro atoms. The average Bonchev–Trinajstić information content (AvgIpc) is 2.69. The molecule has 0 bridgehead atoms. The van der Waals surface area contributed by atoms with Crippen LogP contribution in [-0.4, -0.2) is 32.6 Å². The van der Waals surface area contributed by atoms with E-state index in [1.54, 1.807) is 5.06 Å². The summed E-state index contributed by atoms with van der Waals surface area (Å²) in [4.78, 5) is 0. The van der Waals surface area contributed by atoms with Crippen molar-refractivity contribution in [2.45, 2.75) is 89.3 Å². The first-order chi connectivity index (χ1) is 9.90. The van der Waals surface area contributed by atoms with Gasteiger partial charge in [-0.25, -0.2) is 0 Å². The molecule has 3 rings (SSSR count). The fourth-order valence-corrected chi connectivity index (χ4v) is 4.94. The van der Waals surface area contributed by atoms with Gasteiger partial charge in [-0.1, -0.05) is 26.8 Å². The smallest absolute Gasteiger partial charge is 0.0683 e.